The fourth-order valence-electron chi connectivity index (χ4n) is 2.58. The second kappa shape index (κ2) is 6.86. The van der Waals surface area contributed by atoms with Crippen LogP contribution in [0.3, 0.4) is 0 Å². The van der Waals surface area contributed by atoms with Gasteiger partial charge in [0.15, 0.2) is 5.65 Å². The summed E-state index contributed by atoms with van der Waals surface area (Å²) in [7, 11) is 0. The van der Waals surface area contributed by atoms with Crippen LogP contribution < -0.4 is 0 Å². The average molecular weight is 385 g/mol. The molecule has 0 saturated carbocycles. The molecular weight excluding hydrogens is 372 g/mol. The maximum atomic E-state index is 12.5. The minimum absolute atomic E-state index is 0.0728. The minimum atomic E-state index is -0.469. The van der Waals surface area contributed by atoms with Crippen molar-refractivity contribution in [2.75, 3.05) is 0 Å². The normalized spacial score (nSPS) is 11.0. The van der Waals surface area contributed by atoms with E-state index in [2.05, 4.69) is 15.1 Å². The van der Waals surface area contributed by atoms with E-state index in [9.17, 15) is 4.79 Å². The van der Waals surface area contributed by atoms with Crippen molar-refractivity contribution in [1.82, 2.24) is 19.6 Å². The molecule has 26 heavy (non-hydrogen) atoms. The smallest absolute Gasteiger partial charge is 0.344 e. The second-order valence-electron chi connectivity index (χ2n) is 5.55. The number of carbonyl (C=O) groups is 1. The molecular formula is C18H13ClN4O2S. The number of carbonyl (C=O) groups excluding carboxylic acids is 1. The molecule has 0 aliphatic rings. The molecule has 8 heteroatoms. The van der Waals surface area contributed by atoms with Crippen LogP contribution in [-0.4, -0.2) is 25.6 Å². The summed E-state index contributed by atoms with van der Waals surface area (Å²) < 4.78 is 6.98. The summed E-state index contributed by atoms with van der Waals surface area (Å²) >= 11 is 7.66. The second-order valence-corrected chi connectivity index (χ2v) is 6.81. The highest BCUT2D eigenvalue weighted by Crippen LogP contribution is 2.30. The van der Waals surface area contributed by atoms with Crippen molar-refractivity contribution in [2.24, 2.45) is 0 Å². The zero-order valence-corrected chi connectivity index (χ0v) is 15.3. The Hall–Kier alpha value is -2.77. The number of fused-ring (bicyclic) bond motifs is 1. The molecule has 0 amide bonds. The lowest BCUT2D eigenvalue weighted by molar-refractivity contribution is 0.0469. The number of benzene rings is 1. The van der Waals surface area contributed by atoms with Gasteiger partial charge in [0.2, 0.25) is 0 Å². The van der Waals surface area contributed by atoms with Crippen LogP contribution in [0.4, 0.5) is 0 Å². The predicted molar refractivity (Wildman–Crippen MR) is 99.4 cm³/mol. The number of rotatable bonds is 4. The molecule has 0 radical (unpaired) electrons. The fraction of sp³-hybridized carbons (Fsp3) is 0.111. The predicted octanol–water partition coefficient (Wildman–Crippen LogP) is 4.17. The highest BCUT2D eigenvalue weighted by atomic mass is 35.5. The maximum Gasteiger partial charge on any atom is 0.344 e. The standard InChI is InChI=1S/C18H13ClN4O2S/c1-11-15(16-20-7-4-8-23(16)22-11)18(24)25-9-12-10-26-17(21-12)13-5-2-3-6-14(13)19/h2-8,10H,9H2,1H3. The number of halogens is 1. The average Bonchev–Trinajstić information content (AvgIpc) is 3.23. The summed E-state index contributed by atoms with van der Waals surface area (Å²) in [5, 5.41) is 7.55. The van der Waals surface area contributed by atoms with Gasteiger partial charge in [-0.2, -0.15) is 5.10 Å². The molecule has 3 aromatic heterocycles. The largest absolute Gasteiger partial charge is 0.455 e. The van der Waals surface area contributed by atoms with Gasteiger partial charge in [0.05, 0.1) is 16.4 Å². The van der Waals surface area contributed by atoms with Crippen LogP contribution >= 0.6 is 22.9 Å². The van der Waals surface area contributed by atoms with Crippen LogP contribution in [0.5, 0.6) is 0 Å². The molecule has 0 aliphatic carbocycles. The number of aromatic nitrogens is 4. The lowest BCUT2D eigenvalue weighted by Crippen LogP contribution is -2.07. The van der Waals surface area contributed by atoms with Gasteiger partial charge < -0.3 is 4.74 Å². The highest BCUT2D eigenvalue weighted by molar-refractivity contribution is 7.13. The number of nitrogens with zero attached hydrogens (tertiary/aromatic N) is 4. The van der Waals surface area contributed by atoms with Crippen molar-refractivity contribution in [3.63, 3.8) is 0 Å². The first-order chi connectivity index (χ1) is 12.6. The first kappa shape index (κ1) is 16.7. The van der Waals surface area contributed by atoms with Crippen molar-refractivity contribution < 1.29 is 9.53 Å². The van der Waals surface area contributed by atoms with Crippen molar-refractivity contribution in [3.8, 4) is 10.6 Å². The Morgan fingerprint density at radius 2 is 2.15 bits per heavy atom. The summed E-state index contributed by atoms with van der Waals surface area (Å²) in [4.78, 5) is 21.2. The van der Waals surface area contributed by atoms with E-state index >= 15 is 0 Å². The van der Waals surface area contributed by atoms with Crippen LogP contribution in [0.1, 0.15) is 21.7 Å². The van der Waals surface area contributed by atoms with Gasteiger partial charge in [-0.1, -0.05) is 29.8 Å². The van der Waals surface area contributed by atoms with E-state index in [1.165, 1.54) is 11.3 Å². The van der Waals surface area contributed by atoms with E-state index in [0.717, 1.165) is 10.6 Å². The molecule has 4 rings (SSSR count). The van der Waals surface area contributed by atoms with E-state index in [-0.39, 0.29) is 6.61 Å². The Morgan fingerprint density at radius 1 is 1.31 bits per heavy atom. The topological polar surface area (TPSA) is 69.4 Å². The van der Waals surface area contributed by atoms with Crippen LogP contribution in [0.15, 0.2) is 48.1 Å². The van der Waals surface area contributed by atoms with Crippen molar-refractivity contribution >= 4 is 34.6 Å². The van der Waals surface area contributed by atoms with E-state index in [4.69, 9.17) is 16.3 Å². The summed E-state index contributed by atoms with van der Waals surface area (Å²) in [6, 6.07) is 9.25. The molecule has 0 spiro atoms. The third kappa shape index (κ3) is 3.07. The van der Waals surface area contributed by atoms with Crippen LogP contribution in [0.2, 0.25) is 5.02 Å². The van der Waals surface area contributed by atoms with Gasteiger partial charge in [-0.15, -0.1) is 11.3 Å². The Morgan fingerprint density at radius 3 is 3.00 bits per heavy atom. The first-order valence-electron chi connectivity index (χ1n) is 7.80. The fourth-order valence-corrected chi connectivity index (χ4v) is 3.70. The van der Waals surface area contributed by atoms with Crippen molar-refractivity contribution in [3.05, 3.63) is 70.1 Å². The van der Waals surface area contributed by atoms with Crippen LogP contribution in [0, 0.1) is 6.92 Å². The van der Waals surface area contributed by atoms with Gasteiger partial charge >= 0.3 is 5.97 Å². The molecule has 130 valence electrons. The molecule has 0 fully saturated rings. The number of thiazole rings is 1. The zero-order chi connectivity index (χ0) is 18.1. The Bertz CT molecular complexity index is 1110. The molecule has 0 atom stereocenters. The van der Waals surface area contributed by atoms with Crippen LogP contribution in [-0.2, 0) is 11.3 Å². The van der Waals surface area contributed by atoms with Gasteiger partial charge in [-0.3, -0.25) is 0 Å². The monoisotopic (exact) mass is 384 g/mol. The third-order valence-corrected chi connectivity index (χ3v) is 5.04. The Kier molecular flexibility index (Phi) is 4.40. The lowest BCUT2D eigenvalue weighted by Gasteiger charge is -2.02. The molecule has 3 heterocycles. The molecule has 4 aromatic rings. The van der Waals surface area contributed by atoms with Crippen molar-refractivity contribution in [2.45, 2.75) is 13.5 Å². The molecule has 0 saturated heterocycles. The van der Waals surface area contributed by atoms with Crippen LogP contribution in [0.25, 0.3) is 16.2 Å². The van der Waals surface area contributed by atoms with Gasteiger partial charge in [-0.05, 0) is 19.1 Å². The van der Waals surface area contributed by atoms with Gasteiger partial charge in [-0.25, -0.2) is 19.3 Å². The van der Waals surface area contributed by atoms with E-state index in [0.29, 0.717) is 27.6 Å². The molecule has 0 bridgehead atoms. The number of esters is 1. The lowest BCUT2D eigenvalue weighted by atomic mass is 10.2. The quantitative estimate of drug-likeness (QED) is 0.494. The molecule has 6 nitrogen and oxygen atoms in total. The Balaban J connectivity index is 1.52. The summed E-state index contributed by atoms with van der Waals surface area (Å²) in [5.41, 5.74) is 2.95. The number of hydrogen-bond acceptors (Lipinski definition) is 6. The summed E-state index contributed by atoms with van der Waals surface area (Å²) in [6.07, 6.45) is 3.35. The van der Waals surface area contributed by atoms with E-state index in [1.807, 2.05) is 29.6 Å². The molecule has 0 unspecified atom stereocenters. The van der Waals surface area contributed by atoms with Gasteiger partial charge in [0.25, 0.3) is 0 Å². The summed E-state index contributed by atoms with van der Waals surface area (Å²) in [5.74, 6) is -0.469. The van der Waals surface area contributed by atoms with Gasteiger partial charge in [0, 0.05) is 23.3 Å². The number of aryl methyl sites for hydroxylation is 1. The van der Waals surface area contributed by atoms with Gasteiger partial charge in [0.1, 0.15) is 17.2 Å². The summed E-state index contributed by atoms with van der Waals surface area (Å²) in [6.45, 7) is 1.83. The SMILES string of the molecule is Cc1nn2cccnc2c1C(=O)OCc1csc(-c2ccccc2Cl)n1. The zero-order valence-electron chi connectivity index (χ0n) is 13.7. The molecule has 0 aliphatic heterocycles. The van der Waals surface area contributed by atoms with Crippen molar-refractivity contribution in [1.29, 1.82) is 0 Å². The first-order valence-corrected chi connectivity index (χ1v) is 9.05. The Labute approximate surface area is 158 Å². The molecule has 1 aromatic carbocycles. The molecule has 0 N–H and O–H groups in total. The highest BCUT2D eigenvalue weighted by Gasteiger charge is 2.20. The maximum absolute atomic E-state index is 12.5. The van der Waals surface area contributed by atoms with E-state index < -0.39 is 5.97 Å². The number of ether oxygens (including phenoxy) is 1. The van der Waals surface area contributed by atoms with E-state index in [1.54, 1.807) is 29.9 Å². The number of hydrogen-bond donors (Lipinski definition) is 0. The third-order valence-electron chi connectivity index (χ3n) is 3.78. The minimum Gasteiger partial charge on any atom is -0.455 e.